The lowest BCUT2D eigenvalue weighted by molar-refractivity contribution is 0.200. The quantitative estimate of drug-likeness (QED) is 0.773. The Morgan fingerprint density at radius 2 is 1.87 bits per heavy atom. The van der Waals surface area contributed by atoms with Crippen molar-refractivity contribution < 1.29 is 9.47 Å². The summed E-state index contributed by atoms with van der Waals surface area (Å²) in [5, 5.41) is 0. The highest BCUT2D eigenvalue weighted by Crippen LogP contribution is 2.32. The van der Waals surface area contributed by atoms with Gasteiger partial charge in [0.05, 0.1) is 13.2 Å². The third kappa shape index (κ3) is 4.87. The number of halogens is 1. The highest BCUT2D eigenvalue weighted by Gasteiger charge is 2.18. The lowest BCUT2D eigenvalue weighted by atomic mass is 10.1. The summed E-state index contributed by atoms with van der Waals surface area (Å²) in [6, 6.07) is 12.3. The van der Waals surface area contributed by atoms with Crippen LogP contribution < -0.4 is 9.47 Å². The van der Waals surface area contributed by atoms with Gasteiger partial charge in [0.2, 0.25) is 0 Å². The Morgan fingerprint density at radius 3 is 2.57 bits per heavy atom. The van der Waals surface area contributed by atoms with Crippen molar-refractivity contribution in [3.63, 3.8) is 0 Å². The van der Waals surface area contributed by atoms with Crippen LogP contribution in [0.5, 0.6) is 11.5 Å². The minimum absolute atomic E-state index is 0. The van der Waals surface area contributed by atoms with Gasteiger partial charge in [-0.05, 0) is 68.4 Å². The third-order valence-corrected chi connectivity index (χ3v) is 4.22. The van der Waals surface area contributed by atoms with Crippen molar-refractivity contribution in [2.24, 2.45) is 0 Å². The molecule has 0 saturated heterocycles. The minimum Gasteiger partial charge on any atom is -0.493 e. The number of aryl methyl sites for hydroxylation is 2. The fraction of sp³-hybridized carbons (Fsp3) is 0.421. The molecule has 3 nitrogen and oxygen atoms in total. The molecule has 0 N–H and O–H groups in total. The zero-order valence-corrected chi connectivity index (χ0v) is 14.3. The molecule has 0 spiro atoms. The highest BCUT2D eigenvalue weighted by molar-refractivity contribution is 5.85. The number of aromatic nitrogens is 1. The van der Waals surface area contributed by atoms with Crippen molar-refractivity contribution >= 4 is 12.4 Å². The van der Waals surface area contributed by atoms with Crippen LogP contribution in [0.4, 0.5) is 0 Å². The molecule has 1 aliphatic carbocycles. The van der Waals surface area contributed by atoms with E-state index in [0.717, 1.165) is 42.9 Å². The van der Waals surface area contributed by atoms with Gasteiger partial charge in [0.25, 0.3) is 0 Å². The van der Waals surface area contributed by atoms with Crippen molar-refractivity contribution in [1.29, 1.82) is 0 Å². The molecule has 124 valence electrons. The molecular formula is C19H24ClNO2. The van der Waals surface area contributed by atoms with Crippen molar-refractivity contribution in [2.45, 2.75) is 44.6 Å². The number of rotatable bonds is 6. The molecule has 3 rings (SSSR count). The first-order chi connectivity index (χ1) is 10.8. The summed E-state index contributed by atoms with van der Waals surface area (Å²) >= 11 is 0. The fourth-order valence-corrected chi connectivity index (χ4v) is 2.97. The van der Waals surface area contributed by atoms with E-state index in [-0.39, 0.29) is 12.4 Å². The zero-order chi connectivity index (χ0) is 15.2. The molecule has 0 atom stereocenters. The number of ether oxygens (including phenoxy) is 2. The topological polar surface area (TPSA) is 31.4 Å². The van der Waals surface area contributed by atoms with Gasteiger partial charge in [-0.25, -0.2) is 0 Å². The van der Waals surface area contributed by atoms with Gasteiger partial charge in [0, 0.05) is 11.9 Å². The van der Waals surface area contributed by atoms with E-state index in [2.05, 4.69) is 23.2 Å². The van der Waals surface area contributed by atoms with Gasteiger partial charge in [0.15, 0.2) is 11.5 Å². The second-order valence-corrected chi connectivity index (χ2v) is 5.83. The number of pyridine rings is 1. The summed E-state index contributed by atoms with van der Waals surface area (Å²) in [6.07, 6.45) is 8.94. The Morgan fingerprint density at radius 1 is 1.04 bits per heavy atom. The molecule has 23 heavy (non-hydrogen) atoms. The summed E-state index contributed by atoms with van der Waals surface area (Å²) < 4.78 is 11.6. The molecule has 1 aromatic carbocycles. The summed E-state index contributed by atoms with van der Waals surface area (Å²) in [5.74, 6) is 1.71. The van der Waals surface area contributed by atoms with Crippen LogP contribution in [-0.2, 0) is 12.8 Å². The molecule has 1 aromatic heterocycles. The molecule has 0 amide bonds. The monoisotopic (exact) mass is 333 g/mol. The molecule has 0 aliphatic heterocycles. The van der Waals surface area contributed by atoms with Crippen LogP contribution in [0.2, 0.25) is 0 Å². The van der Waals surface area contributed by atoms with Crippen LogP contribution in [0.1, 0.15) is 36.9 Å². The van der Waals surface area contributed by atoms with Crippen molar-refractivity contribution in [3.05, 3.63) is 53.9 Å². The Hall–Kier alpha value is -1.74. The predicted molar refractivity (Wildman–Crippen MR) is 94.8 cm³/mol. The average molecular weight is 334 g/mol. The Kier molecular flexibility index (Phi) is 6.72. The van der Waals surface area contributed by atoms with Gasteiger partial charge in [-0.15, -0.1) is 12.4 Å². The van der Waals surface area contributed by atoms with E-state index in [0.29, 0.717) is 6.10 Å². The first-order valence-corrected chi connectivity index (χ1v) is 8.08. The smallest absolute Gasteiger partial charge is 0.161 e. The molecule has 1 fully saturated rings. The number of nitrogens with zero attached hydrogens (tertiary/aromatic N) is 1. The maximum atomic E-state index is 6.15. The molecule has 4 heteroatoms. The molecule has 1 aliphatic rings. The fourth-order valence-electron chi connectivity index (χ4n) is 2.97. The summed E-state index contributed by atoms with van der Waals surface area (Å²) in [6.45, 7) is 0. The summed E-state index contributed by atoms with van der Waals surface area (Å²) in [5.41, 5.74) is 2.39. The zero-order valence-electron chi connectivity index (χ0n) is 13.5. The molecule has 0 unspecified atom stereocenters. The molecule has 0 bridgehead atoms. The standard InChI is InChI=1S/C19H23NO2.ClH/c1-21-18-12-10-15(9-11-16-6-4-5-13-20-16)14-19(18)22-17-7-2-3-8-17;/h4-6,10,12-14,17H,2-3,7-9,11H2,1H3;1H. The SMILES string of the molecule is COc1ccc(CCc2ccccn2)cc1OC1CCCC1.Cl. The van der Waals surface area contributed by atoms with E-state index in [9.17, 15) is 0 Å². The van der Waals surface area contributed by atoms with Gasteiger partial charge < -0.3 is 9.47 Å². The Labute approximate surface area is 144 Å². The largest absolute Gasteiger partial charge is 0.493 e. The van der Waals surface area contributed by atoms with Crippen LogP contribution in [-0.4, -0.2) is 18.2 Å². The van der Waals surface area contributed by atoms with Gasteiger partial charge in [0.1, 0.15) is 0 Å². The summed E-state index contributed by atoms with van der Waals surface area (Å²) in [7, 11) is 1.70. The maximum absolute atomic E-state index is 6.15. The van der Waals surface area contributed by atoms with Gasteiger partial charge >= 0.3 is 0 Å². The van der Waals surface area contributed by atoms with Gasteiger partial charge in [-0.3, -0.25) is 4.98 Å². The number of benzene rings is 1. The molecule has 1 saturated carbocycles. The van der Waals surface area contributed by atoms with E-state index in [1.165, 1.54) is 18.4 Å². The van der Waals surface area contributed by atoms with E-state index in [1.807, 2.05) is 24.4 Å². The lowest BCUT2D eigenvalue weighted by Crippen LogP contribution is -2.11. The van der Waals surface area contributed by atoms with Gasteiger partial charge in [-0.2, -0.15) is 0 Å². The number of methoxy groups -OCH3 is 1. The maximum Gasteiger partial charge on any atom is 0.161 e. The molecule has 2 aromatic rings. The van der Waals surface area contributed by atoms with E-state index >= 15 is 0 Å². The Bertz CT molecular complexity index is 598. The normalized spacial score (nSPS) is 14.3. The number of hydrogen-bond acceptors (Lipinski definition) is 3. The van der Waals surface area contributed by atoms with Crippen molar-refractivity contribution in [2.75, 3.05) is 7.11 Å². The first-order valence-electron chi connectivity index (χ1n) is 8.08. The van der Waals surface area contributed by atoms with E-state index in [1.54, 1.807) is 7.11 Å². The van der Waals surface area contributed by atoms with E-state index in [4.69, 9.17) is 9.47 Å². The average Bonchev–Trinajstić information content (AvgIpc) is 3.07. The highest BCUT2D eigenvalue weighted by atomic mass is 35.5. The second kappa shape index (κ2) is 8.78. The summed E-state index contributed by atoms with van der Waals surface area (Å²) in [4.78, 5) is 4.38. The number of hydrogen-bond donors (Lipinski definition) is 0. The lowest BCUT2D eigenvalue weighted by Gasteiger charge is -2.17. The van der Waals surface area contributed by atoms with Crippen LogP contribution in [0.25, 0.3) is 0 Å². The molecule has 0 radical (unpaired) electrons. The Balaban J connectivity index is 0.00000192. The van der Waals surface area contributed by atoms with Crippen LogP contribution in [0.15, 0.2) is 42.6 Å². The van der Waals surface area contributed by atoms with Crippen molar-refractivity contribution in [3.8, 4) is 11.5 Å². The first kappa shape index (κ1) is 17.6. The second-order valence-electron chi connectivity index (χ2n) is 5.83. The van der Waals surface area contributed by atoms with Crippen LogP contribution in [0.3, 0.4) is 0 Å². The van der Waals surface area contributed by atoms with Crippen LogP contribution >= 0.6 is 12.4 Å². The third-order valence-electron chi connectivity index (χ3n) is 4.22. The van der Waals surface area contributed by atoms with Gasteiger partial charge in [-0.1, -0.05) is 12.1 Å². The molecular weight excluding hydrogens is 310 g/mol. The minimum atomic E-state index is 0. The van der Waals surface area contributed by atoms with Crippen LogP contribution in [0, 0.1) is 0 Å². The predicted octanol–water partition coefficient (Wildman–Crippen LogP) is 4.62. The molecule has 1 heterocycles. The van der Waals surface area contributed by atoms with E-state index < -0.39 is 0 Å². The van der Waals surface area contributed by atoms with Crippen molar-refractivity contribution in [1.82, 2.24) is 4.98 Å².